The second-order valence-electron chi connectivity index (χ2n) is 4.97. The molecule has 2 aromatic rings. The number of nitrogens with zero attached hydrogens (tertiary/aromatic N) is 1. The Balaban J connectivity index is 2.43. The number of ether oxygens (including phenoxy) is 1. The van der Waals surface area contributed by atoms with E-state index in [4.69, 9.17) is 22.1 Å². The highest BCUT2D eigenvalue weighted by Gasteiger charge is 2.16. The molecule has 0 spiro atoms. The summed E-state index contributed by atoms with van der Waals surface area (Å²) in [7, 11) is 3.38. The molecule has 0 aliphatic carbocycles. The molecular formula is C16H17ClN2O2. The van der Waals surface area contributed by atoms with Crippen molar-refractivity contribution >= 4 is 23.2 Å². The molecule has 0 radical (unpaired) electrons. The molecule has 0 saturated heterocycles. The van der Waals surface area contributed by atoms with Crippen LogP contribution < -0.4 is 10.5 Å². The third-order valence-corrected chi connectivity index (χ3v) is 3.23. The van der Waals surface area contributed by atoms with Gasteiger partial charge in [-0.05, 0) is 42.8 Å². The fraction of sp³-hybridized carbons (Fsp3) is 0.188. The number of aryl methyl sites for hydroxylation is 1. The van der Waals surface area contributed by atoms with Crippen molar-refractivity contribution in [1.82, 2.24) is 4.90 Å². The van der Waals surface area contributed by atoms with Gasteiger partial charge in [-0.15, -0.1) is 0 Å². The molecule has 0 aromatic heterocycles. The van der Waals surface area contributed by atoms with Gasteiger partial charge in [-0.3, -0.25) is 4.79 Å². The first-order chi connectivity index (χ1) is 9.88. The molecule has 0 saturated carbocycles. The molecule has 1 amide bonds. The van der Waals surface area contributed by atoms with Crippen molar-refractivity contribution in [3.63, 3.8) is 0 Å². The van der Waals surface area contributed by atoms with Gasteiger partial charge in [0, 0.05) is 30.9 Å². The molecule has 2 rings (SSSR count). The third-order valence-electron chi connectivity index (χ3n) is 3.00. The Labute approximate surface area is 129 Å². The van der Waals surface area contributed by atoms with Gasteiger partial charge >= 0.3 is 0 Å². The van der Waals surface area contributed by atoms with Gasteiger partial charge in [-0.25, -0.2) is 0 Å². The minimum absolute atomic E-state index is 0.142. The first-order valence-electron chi connectivity index (χ1n) is 6.43. The van der Waals surface area contributed by atoms with Crippen molar-refractivity contribution in [2.24, 2.45) is 0 Å². The van der Waals surface area contributed by atoms with E-state index in [9.17, 15) is 4.79 Å². The molecule has 2 N–H and O–H groups in total. The van der Waals surface area contributed by atoms with Crippen LogP contribution in [0.2, 0.25) is 5.02 Å². The molecule has 2 aromatic carbocycles. The summed E-state index contributed by atoms with van der Waals surface area (Å²) in [5, 5.41) is 0.636. The third kappa shape index (κ3) is 3.47. The van der Waals surface area contributed by atoms with Gasteiger partial charge in [0.15, 0.2) is 0 Å². The van der Waals surface area contributed by atoms with E-state index < -0.39 is 0 Å². The highest BCUT2D eigenvalue weighted by atomic mass is 35.5. The van der Waals surface area contributed by atoms with Crippen LogP contribution >= 0.6 is 11.6 Å². The van der Waals surface area contributed by atoms with E-state index in [2.05, 4.69) is 0 Å². The maximum atomic E-state index is 12.2. The molecule has 0 fully saturated rings. The van der Waals surface area contributed by atoms with Crippen molar-refractivity contribution in [3.8, 4) is 11.5 Å². The Morgan fingerprint density at radius 2 is 1.86 bits per heavy atom. The van der Waals surface area contributed by atoms with Gasteiger partial charge < -0.3 is 15.4 Å². The van der Waals surface area contributed by atoms with Crippen molar-refractivity contribution < 1.29 is 9.53 Å². The fourth-order valence-electron chi connectivity index (χ4n) is 1.89. The zero-order valence-electron chi connectivity index (χ0n) is 12.2. The van der Waals surface area contributed by atoms with Crippen LogP contribution in [-0.4, -0.2) is 24.9 Å². The number of benzene rings is 2. The zero-order valence-corrected chi connectivity index (χ0v) is 12.9. The molecule has 0 heterocycles. The van der Waals surface area contributed by atoms with E-state index in [0.717, 1.165) is 5.56 Å². The smallest absolute Gasteiger partial charge is 0.257 e. The van der Waals surface area contributed by atoms with E-state index in [1.165, 1.54) is 4.90 Å². The number of hydrogen-bond acceptors (Lipinski definition) is 3. The number of carbonyl (C=O) groups is 1. The van der Waals surface area contributed by atoms with Crippen molar-refractivity contribution in [1.29, 1.82) is 0 Å². The average Bonchev–Trinajstić information content (AvgIpc) is 2.41. The van der Waals surface area contributed by atoms with Crippen LogP contribution in [-0.2, 0) is 0 Å². The van der Waals surface area contributed by atoms with Gasteiger partial charge in [0.25, 0.3) is 5.91 Å². The number of carbonyl (C=O) groups excluding carboxylic acids is 1. The number of anilines is 1. The Kier molecular flexibility index (Phi) is 4.38. The van der Waals surface area contributed by atoms with Crippen LogP contribution in [0, 0.1) is 6.92 Å². The van der Waals surface area contributed by atoms with Gasteiger partial charge in [-0.1, -0.05) is 11.6 Å². The van der Waals surface area contributed by atoms with Crippen LogP contribution in [0.5, 0.6) is 11.5 Å². The number of rotatable bonds is 3. The number of amides is 1. The highest BCUT2D eigenvalue weighted by molar-refractivity contribution is 6.30. The summed E-state index contributed by atoms with van der Waals surface area (Å²) in [6.07, 6.45) is 0. The van der Waals surface area contributed by atoms with Gasteiger partial charge in [0.2, 0.25) is 0 Å². The van der Waals surface area contributed by atoms with E-state index in [0.29, 0.717) is 27.8 Å². The van der Waals surface area contributed by atoms with Crippen LogP contribution in [0.3, 0.4) is 0 Å². The first kappa shape index (κ1) is 15.2. The lowest BCUT2D eigenvalue weighted by Crippen LogP contribution is -2.22. The van der Waals surface area contributed by atoms with Crippen LogP contribution in [0.4, 0.5) is 5.69 Å². The Bertz CT molecular complexity index is 684. The summed E-state index contributed by atoms with van der Waals surface area (Å²) in [6, 6.07) is 10.3. The Morgan fingerprint density at radius 3 is 2.48 bits per heavy atom. The molecule has 0 bridgehead atoms. The molecule has 4 nitrogen and oxygen atoms in total. The zero-order chi connectivity index (χ0) is 15.6. The maximum Gasteiger partial charge on any atom is 0.257 e. The van der Waals surface area contributed by atoms with Crippen molar-refractivity contribution in [3.05, 3.63) is 52.5 Å². The molecule has 21 heavy (non-hydrogen) atoms. The number of halogens is 1. The monoisotopic (exact) mass is 304 g/mol. The number of hydrogen-bond donors (Lipinski definition) is 1. The fourth-order valence-corrected chi connectivity index (χ4v) is 2.11. The van der Waals surface area contributed by atoms with E-state index in [1.807, 2.05) is 6.92 Å². The Hall–Kier alpha value is -2.20. The van der Waals surface area contributed by atoms with E-state index >= 15 is 0 Å². The lowest BCUT2D eigenvalue weighted by molar-refractivity contribution is 0.0825. The maximum absolute atomic E-state index is 12.2. The average molecular weight is 305 g/mol. The van der Waals surface area contributed by atoms with Crippen LogP contribution in [0.1, 0.15) is 15.9 Å². The molecule has 0 aliphatic heterocycles. The van der Waals surface area contributed by atoms with Crippen LogP contribution in [0.25, 0.3) is 0 Å². The summed E-state index contributed by atoms with van der Waals surface area (Å²) >= 11 is 5.93. The lowest BCUT2D eigenvalue weighted by atomic mass is 10.1. The second-order valence-corrected chi connectivity index (χ2v) is 5.40. The Morgan fingerprint density at radius 1 is 1.14 bits per heavy atom. The number of nitrogen functional groups attached to an aromatic ring is 1. The quantitative estimate of drug-likeness (QED) is 0.879. The summed E-state index contributed by atoms with van der Waals surface area (Å²) in [5.74, 6) is 0.925. The molecule has 0 aliphatic rings. The van der Waals surface area contributed by atoms with Crippen LogP contribution in [0.15, 0.2) is 36.4 Å². The molecule has 0 atom stereocenters. The summed E-state index contributed by atoms with van der Waals surface area (Å²) in [4.78, 5) is 13.7. The topological polar surface area (TPSA) is 55.6 Å². The predicted molar refractivity (Wildman–Crippen MR) is 85.1 cm³/mol. The molecular weight excluding hydrogens is 288 g/mol. The first-order valence-corrected chi connectivity index (χ1v) is 6.81. The minimum Gasteiger partial charge on any atom is -0.456 e. The molecule has 5 heteroatoms. The molecule has 110 valence electrons. The minimum atomic E-state index is -0.142. The van der Waals surface area contributed by atoms with Gasteiger partial charge in [-0.2, -0.15) is 0 Å². The second kappa shape index (κ2) is 6.06. The highest BCUT2D eigenvalue weighted by Crippen LogP contribution is 2.31. The van der Waals surface area contributed by atoms with Crippen molar-refractivity contribution in [2.45, 2.75) is 6.92 Å². The number of nitrogens with two attached hydrogens (primary N) is 1. The predicted octanol–water partition coefficient (Wildman–Crippen LogP) is 3.72. The van der Waals surface area contributed by atoms with E-state index in [1.54, 1.807) is 50.5 Å². The molecule has 0 unspecified atom stereocenters. The summed E-state index contributed by atoms with van der Waals surface area (Å²) < 4.78 is 5.86. The van der Waals surface area contributed by atoms with Gasteiger partial charge in [0.1, 0.15) is 11.5 Å². The van der Waals surface area contributed by atoms with E-state index in [-0.39, 0.29) is 5.91 Å². The standard InChI is InChI=1S/C16H17ClN2O2/c1-10-8-11(17)4-7-14(10)21-15-9-12(18)5-6-13(15)16(20)19(2)3/h4-9H,18H2,1-3H3. The SMILES string of the molecule is Cc1cc(Cl)ccc1Oc1cc(N)ccc1C(=O)N(C)C. The lowest BCUT2D eigenvalue weighted by Gasteiger charge is -2.16. The normalized spacial score (nSPS) is 10.3. The van der Waals surface area contributed by atoms with Gasteiger partial charge in [0.05, 0.1) is 5.56 Å². The summed E-state index contributed by atoms with van der Waals surface area (Å²) in [5.41, 5.74) is 7.67. The summed E-state index contributed by atoms with van der Waals surface area (Å²) in [6.45, 7) is 1.89. The van der Waals surface area contributed by atoms with Crippen molar-refractivity contribution in [2.75, 3.05) is 19.8 Å². The largest absolute Gasteiger partial charge is 0.456 e.